The minimum atomic E-state index is -2.73. The quantitative estimate of drug-likeness (QED) is 0.148. The van der Waals surface area contributed by atoms with E-state index in [0.717, 1.165) is 0 Å². The number of aliphatic hydroxyl groups excluding tert-OH is 2. The van der Waals surface area contributed by atoms with Crippen molar-refractivity contribution in [2.24, 2.45) is 17.6 Å². The molecule has 1 heterocycles. The van der Waals surface area contributed by atoms with Gasteiger partial charge in [-0.3, -0.25) is 19.2 Å². The van der Waals surface area contributed by atoms with Gasteiger partial charge in [0.1, 0.15) is 11.5 Å². The number of nitrogens with zero attached hydrogens (tertiary/aromatic N) is 1. The number of nitrogens with one attached hydrogen (secondary N) is 1. The number of amides is 2. The fourth-order valence-electron chi connectivity index (χ4n) is 6.20. The van der Waals surface area contributed by atoms with Gasteiger partial charge in [-0.15, -0.1) is 0 Å². The van der Waals surface area contributed by atoms with Crippen molar-refractivity contribution >= 4 is 40.8 Å². The summed E-state index contributed by atoms with van der Waals surface area (Å²) in [6.45, 7) is -0.479. The molecule has 1 aromatic heterocycles. The third-order valence-corrected chi connectivity index (χ3v) is 8.21. The van der Waals surface area contributed by atoms with Crippen LogP contribution >= 0.6 is 0 Å². The molecule has 2 aliphatic carbocycles. The molecular formula is C31H29N3O11. The van der Waals surface area contributed by atoms with Crippen LogP contribution in [0.4, 0.5) is 5.69 Å². The maximum absolute atomic E-state index is 13.8. The number of hydrogen-bond donors (Lipinski definition) is 6. The van der Waals surface area contributed by atoms with Crippen molar-refractivity contribution < 1.29 is 53.7 Å². The minimum absolute atomic E-state index is 0.0361. The van der Waals surface area contributed by atoms with Gasteiger partial charge < -0.3 is 40.7 Å². The number of hydrogen-bond acceptors (Lipinski definition) is 12. The van der Waals surface area contributed by atoms with Crippen molar-refractivity contribution in [2.45, 2.75) is 31.3 Å². The van der Waals surface area contributed by atoms with Crippen molar-refractivity contribution in [3.63, 3.8) is 0 Å². The summed E-state index contributed by atoms with van der Waals surface area (Å²) in [6, 6.07) is 8.56. The zero-order valence-electron chi connectivity index (χ0n) is 23.9. The van der Waals surface area contributed by atoms with Gasteiger partial charge in [-0.1, -0.05) is 11.2 Å². The molecule has 2 aromatic carbocycles. The lowest BCUT2D eigenvalue weighted by molar-refractivity contribution is -0.159. The van der Waals surface area contributed by atoms with E-state index >= 15 is 0 Å². The monoisotopic (exact) mass is 619 g/mol. The standard InChI is InChI=1S/C31H29N3O11/c1-44-30(42)16-8-14(10-18(11-16)34-29(41)22-4-6-33-45-22)19-2-3-21(36)26-20(19)12-15-9-17(5-7-35)31(43,23(37)13-24(32)38)28(40)25(15)27(26)39/h2-4,6,8,10-11,15,17,35-36,39,43H,5,7,9,12-13H2,1H3,(H2,32,38)(H,34,41)/t15-,17-,31-/m1/s1. The number of esters is 1. The third-order valence-electron chi connectivity index (χ3n) is 8.21. The number of fused-ring (bicyclic) bond motifs is 2. The summed E-state index contributed by atoms with van der Waals surface area (Å²) < 4.78 is 9.78. The molecule has 1 fully saturated rings. The number of ketones is 2. The summed E-state index contributed by atoms with van der Waals surface area (Å²) in [7, 11) is 1.19. The number of carbonyl (C=O) groups is 5. The van der Waals surface area contributed by atoms with Gasteiger partial charge in [0.25, 0.3) is 5.91 Å². The lowest BCUT2D eigenvalue weighted by atomic mass is 9.61. The van der Waals surface area contributed by atoms with Gasteiger partial charge in [-0.05, 0) is 66.1 Å². The van der Waals surface area contributed by atoms with Crippen LogP contribution in [0.15, 0.2) is 52.7 Å². The van der Waals surface area contributed by atoms with Crippen LogP contribution in [0.1, 0.15) is 51.3 Å². The molecular weight excluding hydrogens is 590 g/mol. The van der Waals surface area contributed by atoms with E-state index in [0.29, 0.717) is 16.7 Å². The number of primary amides is 1. The number of aliphatic hydroxyl groups is 3. The molecule has 7 N–H and O–H groups in total. The van der Waals surface area contributed by atoms with Crippen LogP contribution in [0, 0.1) is 11.8 Å². The Hall–Kier alpha value is -5.34. The Bertz CT molecular complexity index is 1760. The zero-order valence-corrected chi connectivity index (χ0v) is 23.9. The number of carbonyl (C=O) groups excluding carboxylic acids is 5. The Morgan fingerprint density at radius 3 is 2.56 bits per heavy atom. The third kappa shape index (κ3) is 5.45. The average molecular weight is 620 g/mol. The lowest BCUT2D eigenvalue weighted by Gasteiger charge is -2.43. The molecule has 14 nitrogen and oxygen atoms in total. The number of phenolic OH excluding ortho intramolecular Hbond substituents is 1. The maximum atomic E-state index is 13.8. The first-order chi connectivity index (χ1) is 21.4. The van der Waals surface area contributed by atoms with E-state index in [9.17, 15) is 44.4 Å². The number of benzene rings is 2. The number of anilines is 1. The molecule has 2 aliphatic rings. The first kappa shape index (κ1) is 31.1. The second-order valence-corrected chi connectivity index (χ2v) is 10.9. The van der Waals surface area contributed by atoms with Gasteiger partial charge in [0.05, 0.1) is 30.9 Å². The van der Waals surface area contributed by atoms with E-state index in [-0.39, 0.29) is 47.4 Å². The molecule has 0 aliphatic heterocycles. The van der Waals surface area contributed by atoms with Gasteiger partial charge in [-0.25, -0.2) is 4.79 Å². The minimum Gasteiger partial charge on any atom is -0.507 e. The average Bonchev–Trinajstić information content (AvgIpc) is 3.54. The highest BCUT2D eigenvalue weighted by Gasteiger charge is 2.57. The van der Waals surface area contributed by atoms with Crippen molar-refractivity contribution in [1.29, 1.82) is 0 Å². The van der Waals surface area contributed by atoms with E-state index in [4.69, 9.17) is 15.0 Å². The number of rotatable bonds is 9. The Morgan fingerprint density at radius 1 is 1.16 bits per heavy atom. The number of aromatic nitrogens is 1. The van der Waals surface area contributed by atoms with Crippen molar-refractivity contribution in [3.8, 4) is 16.9 Å². The lowest BCUT2D eigenvalue weighted by Crippen LogP contribution is -2.59. The van der Waals surface area contributed by atoms with Gasteiger partial charge >= 0.3 is 5.97 Å². The van der Waals surface area contributed by atoms with Gasteiger partial charge in [0.15, 0.2) is 11.4 Å². The molecule has 0 unspecified atom stereocenters. The van der Waals surface area contributed by atoms with E-state index in [2.05, 4.69) is 10.5 Å². The highest BCUT2D eigenvalue weighted by atomic mass is 16.5. The number of ether oxygens (including phenoxy) is 1. The van der Waals surface area contributed by atoms with E-state index in [1.807, 2.05) is 0 Å². The molecule has 2 amide bonds. The molecule has 5 rings (SSSR count). The number of nitrogens with two attached hydrogens (primary N) is 1. The van der Waals surface area contributed by atoms with Crippen LogP contribution in [0.25, 0.3) is 16.9 Å². The molecule has 0 radical (unpaired) electrons. The Morgan fingerprint density at radius 2 is 1.91 bits per heavy atom. The van der Waals surface area contributed by atoms with Crippen molar-refractivity contribution in [2.75, 3.05) is 19.0 Å². The summed E-state index contributed by atoms with van der Waals surface area (Å²) in [5.74, 6) is -7.74. The smallest absolute Gasteiger partial charge is 0.337 e. The molecule has 1 saturated carbocycles. The molecule has 0 saturated heterocycles. The van der Waals surface area contributed by atoms with Crippen LogP contribution in [0.3, 0.4) is 0 Å². The first-order valence-electron chi connectivity index (χ1n) is 13.8. The summed E-state index contributed by atoms with van der Waals surface area (Å²) >= 11 is 0. The summed E-state index contributed by atoms with van der Waals surface area (Å²) in [5, 5.41) is 49.5. The highest BCUT2D eigenvalue weighted by molar-refractivity contribution is 6.23. The molecule has 3 atom stereocenters. The molecule has 3 aromatic rings. The van der Waals surface area contributed by atoms with Crippen molar-refractivity contribution in [1.82, 2.24) is 5.16 Å². The predicted molar refractivity (Wildman–Crippen MR) is 155 cm³/mol. The topological polar surface area (TPSA) is 240 Å². The first-order valence-corrected chi connectivity index (χ1v) is 13.8. The van der Waals surface area contributed by atoms with Crippen LogP contribution in [-0.2, 0) is 25.5 Å². The molecule has 0 spiro atoms. The molecule has 45 heavy (non-hydrogen) atoms. The predicted octanol–water partition coefficient (Wildman–Crippen LogP) is 1.67. The van der Waals surface area contributed by atoms with Crippen LogP contribution in [0.5, 0.6) is 5.75 Å². The molecule has 14 heteroatoms. The van der Waals surface area contributed by atoms with Crippen LogP contribution in [-0.4, -0.2) is 74.3 Å². The summed E-state index contributed by atoms with van der Waals surface area (Å²) in [5.41, 5.74) is 3.41. The Kier molecular flexibility index (Phi) is 8.28. The fraction of sp³-hybridized carbons (Fsp3) is 0.290. The summed E-state index contributed by atoms with van der Waals surface area (Å²) in [4.78, 5) is 63.5. The normalized spacial score (nSPS) is 20.6. The van der Waals surface area contributed by atoms with E-state index in [1.54, 1.807) is 6.07 Å². The number of methoxy groups -OCH3 is 1. The maximum Gasteiger partial charge on any atom is 0.337 e. The Labute approximate surface area is 255 Å². The van der Waals surface area contributed by atoms with Crippen LogP contribution in [0.2, 0.25) is 0 Å². The fourth-order valence-corrected chi connectivity index (χ4v) is 6.20. The second-order valence-electron chi connectivity index (χ2n) is 10.9. The SMILES string of the molecule is COC(=O)c1cc(NC(=O)c2ccno2)cc(-c2ccc(O)c3c2C[C@H]2C[C@@H](CCO)[C@@](O)(C(=O)CC(N)=O)C(=O)C2=C3O)c1. The van der Waals surface area contributed by atoms with Crippen LogP contribution < -0.4 is 11.1 Å². The molecule has 0 bridgehead atoms. The Balaban J connectivity index is 1.64. The largest absolute Gasteiger partial charge is 0.507 e. The van der Waals surface area contributed by atoms with E-state index < -0.39 is 71.3 Å². The van der Waals surface area contributed by atoms with Gasteiger partial charge in [-0.2, -0.15) is 0 Å². The second kappa shape index (κ2) is 12.0. The summed E-state index contributed by atoms with van der Waals surface area (Å²) in [6.07, 6.45) is 0.196. The number of Topliss-reactive ketones (excluding diaryl/α,β-unsaturated/α-hetero) is 2. The zero-order chi connectivity index (χ0) is 32.6. The highest BCUT2D eigenvalue weighted by Crippen LogP contribution is 2.50. The molecule has 234 valence electrons. The van der Waals surface area contributed by atoms with E-state index in [1.165, 1.54) is 43.6 Å². The number of aromatic hydroxyl groups is 1. The van der Waals surface area contributed by atoms with Gasteiger partial charge in [0.2, 0.25) is 17.5 Å². The number of phenols is 1. The van der Waals surface area contributed by atoms with Gasteiger partial charge in [0, 0.05) is 29.9 Å². The van der Waals surface area contributed by atoms with Crippen molar-refractivity contribution in [3.05, 3.63) is 70.6 Å².